The number of aliphatic hydroxyl groups excluding tert-OH is 1. The lowest BCUT2D eigenvalue weighted by molar-refractivity contribution is 0.0823. The maximum atomic E-state index is 13.5. The molecule has 41 heavy (non-hydrogen) atoms. The van der Waals surface area contributed by atoms with Gasteiger partial charge in [-0.25, -0.2) is 8.42 Å². The molecule has 0 radical (unpaired) electrons. The molecule has 2 atom stereocenters. The molecule has 1 amide bonds. The molecule has 1 aliphatic rings. The summed E-state index contributed by atoms with van der Waals surface area (Å²) in [5.74, 6) is 1.04. The highest BCUT2D eigenvalue weighted by Crippen LogP contribution is 2.28. The van der Waals surface area contributed by atoms with E-state index in [1.807, 2.05) is 31.2 Å². The van der Waals surface area contributed by atoms with Crippen LogP contribution < -0.4 is 25.0 Å². The Balaban J connectivity index is 0.00000462. The van der Waals surface area contributed by atoms with Crippen LogP contribution in [0, 0.1) is 0 Å². The fourth-order valence-electron chi connectivity index (χ4n) is 4.74. The van der Waals surface area contributed by atoms with Crippen molar-refractivity contribution in [1.29, 1.82) is 0 Å². The lowest BCUT2D eigenvalue weighted by atomic mass is 10.0. The van der Waals surface area contributed by atoms with Crippen LogP contribution >= 0.6 is 12.4 Å². The summed E-state index contributed by atoms with van der Waals surface area (Å²) < 4.78 is 37.7. The molecular formula is C29H39ClN4O6S. The van der Waals surface area contributed by atoms with Gasteiger partial charge >= 0.3 is 0 Å². The number of amides is 1. The monoisotopic (exact) mass is 606 g/mol. The Morgan fingerprint density at radius 2 is 1.98 bits per heavy atom. The average molecular weight is 607 g/mol. The number of benzene rings is 2. The van der Waals surface area contributed by atoms with E-state index in [4.69, 9.17) is 9.15 Å². The Bertz CT molecular complexity index is 1370. The van der Waals surface area contributed by atoms with Gasteiger partial charge in [-0.1, -0.05) is 12.1 Å². The van der Waals surface area contributed by atoms with E-state index in [0.717, 1.165) is 17.7 Å². The summed E-state index contributed by atoms with van der Waals surface area (Å²) in [5, 5.41) is 20.5. The van der Waals surface area contributed by atoms with Gasteiger partial charge in [0.05, 0.1) is 37.0 Å². The highest BCUT2D eigenvalue weighted by molar-refractivity contribution is 7.92. The highest BCUT2D eigenvalue weighted by atomic mass is 35.5. The smallest absolute Gasteiger partial charge is 0.251 e. The minimum atomic E-state index is -3.45. The number of aliphatic hydroxyl groups is 1. The maximum Gasteiger partial charge on any atom is 0.251 e. The summed E-state index contributed by atoms with van der Waals surface area (Å²) in [6.45, 7) is 3.64. The molecule has 1 aromatic heterocycles. The third-order valence-electron chi connectivity index (χ3n) is 6.80. The first-order valence-corrected chi connectivity index (χ1v) is 15.1. The zero-order valence-corrected chi connectivity index (χ0v) is 25.0. The SMILES string of the molecule is CCNc1cc(C(=O)N[C@@H](Cc2ccco2)[C@H](O)CNCc2cccc(OC)c2)cc(N2CCCCS2(=O)=O)c1.Cl. The molecule has 1 fully saturated rings. The summed E-state index contributed by atoms with van der Waals surface area (Å²) in [6, 6.07) is 15.6. The Morgan fingerprint density at radius 3 is 2.68 bits per heavy atom. The summed E-state index contributed by atoms with van der Waals surface area (Å²) >= 11 is 0. The van der Waals surface area contributed by atoms with Gasteiger partial charge in [0, 0.05) is 43.9 Å². The number of rotatable bonds is 13. The van der Waals surface area contributed by atoms with Gasteiger partial charge in [0.2, 0.25) is 10.0 Å². The number of carbonyl (C=O) groups excluding carboxylic acids is 1. The van der Waals surface area contributed by atoms with Crippen LogP contribution in [0.25, 0.3) is 0 Å². The van der Waals surface area contributed by atoms with Crippen LogP contribution in [0.1, 0.15) is 41.4 Å². The third kappa shape index (κ3) is 8.87. The van der Waals surface area contributed by atoms with Crippen LogP contribution in [0.15, 0.2) is 65.3 Å². The third-order valence-corrected chi connectivity index (χ3v) is 8.67. The number of methoxy groups -OCH3 is 1. The second-order valence-corrected chi connectivity index (χ2v) is 11.8. The molecule has 4 rings (SSSR count). The Kier molecular flexibility index (Phi) is 11.9. The molecule has 224 valence electrons. The number of ether oxygens (including phenoxy) is 1. The molecule has 1 saturated heterocycles. The van der Waals surface area contributed by atoms with Gasteiger partial charge in [-0.2, -0.15) is 0 Å². The topological polar surface area (TPSA) is 133 Å². The standard InChI is InChI=1S/C29H38N4O6S.ClH/c1-3-31-23-15-22(16-24(17-23)33-11-4-5-13-40(33,36)37)29(35)32-27(18-26-10-7-12-39-26)28(34)20-30-19-21-8-6-9-25(14-21)38-2;/h6-10,12,14-17,27-28,30-31,34H,3-5,11,13,18-20H2,1-2H3,(H,32,35);1H/t27-,28+;/m0./s1. The summed E-state index contributed by atoms with van der Waals surface area (Å²) in [6.07, 6.45) is 2.27. The number of anilines is 2. The first-order valence-electron chi connectivity index (χ1n) is 13.5. The molecule has 12 heteroatoms. The molecule has 0 saturated carbocycles. The first-order chi connectivity index (χ1) is 19.3. The number of furan rings is 1. The van der Waals surface area contributed by atoms with E-state index in [9.17, 15) is 18.3 Å². The van der Waals surface area contributed by atoms with Crippen molar-refractivity contribution in [3.63, 3.8) is 0 Å². The number of nitrogens with one attached hydrogen (secondary N) is 3. The molecular weight excluding hydrogens is 568 g/mol. The minimum Gasteiger partial charge on any atom is -0.497 e. The number of sulfonamides is 1. The molecule has 2 aromatic carbocycles. The second kappa shape index (κ2) is 15.1. The molecule has 0 unspecified atom stereocenters. The van der Waals surface area contributed by atoms with E-state index in [1.165, 1.54) is 4.31 Å². The number of carbonyl (C=O) groups is 1. The lowest BCUT2D eigenvalue weighted by Gasteiger charge is -2.29. The van der Waals surface area contributed by atoms with Gasteiger partial charge < -0.3 is 30.2 Å². The zero-order valence-electron chi connectivity index (χ0n) is 23.3. The van der Waals surface area contributed by atoms with Gasteiger partial charge in [0.25, 0.3) is 5.91 Å². The largest absolute Gasteiger partial charge is 0.497 e. The normalized spacial score (nSPS) is 15.8. The fourth-order valence-corrected chi connectivity index (χ4v) is 6.36. The van der Waals surface area contributed by atoms with E-state index in [2.05, 4.69) is 16.0 Å². The molecule has 0 spiro atoms. The molecule has 4 N–H and O–H groups in total. The van der Waals surface area contributed by atoms with Crippen molar-refractivity contribution < 1.29 is 27.5 Å². The number of hydrogen-bond donors (Lipinski definition) is 4. The van der Waals surface area contributed by atoms with Crippen molar-refractivity contribution in [3.8, 4) is 5.75 Å². The Morgan fingerprint density at radius 1 is 1.15 bits per heavy atom. The molecule has 3 aromatic rings. The van der Waals surface area contributed by atoms with Crippen molar-refractivity contribution in [3.05, 3.63) is 77.7 Å². The van der Waals surface area contributed by atoms with E-state index < -0.39 is 28.1 Å². The Labute approximate surface area is 247 Å². The van der Waals surface area contributed by atoms with Gasteiger partial charge in [-0.15, -0.1) is 12.4 Å². The van der Waals surface area contributed by atoms with Gasteiger partial charge in [0.1, 0.15) is 11.5 Å². The van der Waals surface area contributed by atoms with Crippen molar-refractivity contribution in [2.24, 2.45) is 0 Å². The van der Waals surface area contributed by atoms with Gasteiger partial charge in [-0.05, 0) is 67.8 Å². The van der Waals surface area contributed by atoms with E-state index in [1.54, 1.807) is 43.7 Å². The highest BCUT2D eigenvalue weighted by Gasteiger charge is 2.28. The lowest BCUT2D eigenvalue weighted by Crippen LogP contribution is -2.48. The van der Waals surface area contributed by atoms with Crippen molar-refractivity contribution in [1.82, 2.24) is 10.6 Å². The average Bonchev–Trinajstić information content (AvgIpc) is 3.45. The molecule has 10 nitrogen and oxygen atoms in total. The maximum absolute atomic E-state index is 13.5. The Hall–Kier alpha value is -3.25. The van der Waals surface area contributed by atoms with E-state index in [0.29, 0.717) is 48.8 Å². The summed E-state index contributed by atoms with van der Waals surface area (Å²) in [5.41, 5.74) is 2.40. The predicted molar refractivity (Wildman–Crippen MR) is 163 cm³/mol. The van der Waals surface area contributed by atoms with E-state index in [-0.39, 0.29) is 31.1 Å². The molecule has 2 heterocycles. The van der Waals surface area contributed by atoms with Crippen molar-refractivity contribution >= 4 is 39.7 Å². The zero-order chi connectivity index (χ0) is 28.5. The minimum absolute atomic E-state index is 0. The molecule has 0 aliphatic carbocycles. The fraction of sp³-hybridized carbons (Fsp3) is 0.414. The van der Waals surface area contributed by atoms with Gasteiger partial charge in [0.15, 0.2) is 0 Å². The first kappa shape index (κ1) is 32.3. The number of halogens is 1. The summed E-state index contributed by atoms with van der Waals surface area (Å²) in [7, 11) is -1.84. The van der Waals surface area contributed by atoms with E-state index >= 15 is 0 Å². The van der Waals surface area contributed by atoms with Crippen LogP contribution in [0.2, 0.25) is 0 Å². The van der Waals surface area contributed by atoms with Crippen LogP contribution in [-0.2, 0) is 23.0 Å². The van der Waals surface area contributed by atoms with Gasteiger partial charge in [-0.3, -0.25) is 9.10 Å². The van der Waals surface area contributed by atoms with Crippen molar-refractivity contribution in [2.75, 3.05) is 42.1 Å². The van der Waals surface area contributed by atoms with Crippen molar-refractivity contribution in [2.45, 2.75) is 44.9 Å². The van der Waals surface area contributed by atoms with Crippen LogP contribution in [0.4, 0.5) is 11.4 Å². The number of nitrogens with zero attached hydrogens (tertiary/aromatic N) is 1. The second-order valence-electron chi connectivity index (χ2n) is 9.81. The van der Waals surface area contributed by atoms with Crippen LogP contribution in [0.5, 0.6) is 5.75 Å². The number of hydrogen-bond acceptors (Lipinski definition) is 8. The predicted octanol–water partition coefficient (Wildman–Crippen LogP) is 3.56. The molecule has 0 bridgehead atoms. The van der Waals surface area contributed by atoms with Crippen LogP contribution in [0.3, 0.4) is 0 Å². The van der Waals surface area contributed by atoms with Crippen LogP contribution in [-0.4, -0.2) is 64.1 Å². The quantitative estimate of drug-likeness (QED) is 0.232. The molecule has 1 aliphatic heterocycles. The summed E-state index contributed by atoms with van der Waals surface area (Å²) in [4.78, 5) is 13.5.